The summed E-state index contributed by atoms with van der Waals surface area (Å²) in [6.45, 7) is 1.93. The number of carbonyl (C=O) groups is 1. The molecular weight excluding hydrogens is 454 g/mol. The van der Waals surface area contributed by atoms with Crippen LogP contribution in [0.3, 0.4) is 0 Å². The Kier molecular flexibility index (Phi) is 7.07. The molecule has 0 radical (unpaired) electrons. The molecule has 0 spiro atoms. The first kappa shape index (κ1) is 23.2. The van der Waals surface area contributed by atoms with Crippen molar-refractivity contribution in [2.45, 2.75) is 31.7 Å². The monoisotopic (exact) mass is 477 g/mol. The van der Waals surface area contributed by atoms with Crippen molar-refractivity contribution in [3.63, 3.8) is 0 Å². The van der Waals surface area contributed by atoms with Crippen molar-refractivity contribution in [3.05, 3.63) is 104 Å². The highest BCUT2D eigenvalue weighted by Gasteiger charge is 2.23. The topological polar surface area (TPSA) is 126 Å². The van der Waals surface area contributed by atoms with Crippen LogP contribution in [0.4, 0.5) is 5.82 Å². The van der Waals surface area contributed by atoms with Gasteiger partial charge in [0.05, 0.1) is 18.7 Å². The molecule has 9 nitrogen and oxygen atoms in total. The molecule has 0 aliphatic carbocycles. The van der Waals surface area contributed by atoms with Gasteiger partial charge in [-0.1, -0.05) is 72.4 Å². The lowest BCUT2D eigenvalue weighted by Gasteiger charge is -2.15. The van der Waals surface area contributed by atoms with Gasteiger partial charge >= 0.3 is 5.69 Å². The molecule has 2 aromatic carbocycles. The third kappa shape index (κ3) is 5.01. The van der Waals surface area contributed by atoms with Gasteiger partial charge in [0, 0.05) is 6.54 Å². The average molecular weight is 478 g/mol. The second-order valence-electron chi connectivity index (χ2n) is 7.50. The normalized spacial score (nSPS) is 11.0. The number of ketones is 1. The Balaban J connectivity index is 1.55. The summed E-state index contributed by atoms with van der Waals surface area (Å²) in [6, 6.07) is 18.9. The lowest BCUT2D eigenvalue weighted by molar-refractivity contribution is 0.102. The van der Waals surface area contributed by atoms with E-state index in [0.717, 1.165) is 27.5 Å². The van der Waals surface area contributed by atoms with E-state index in [1.807, 2.05) is 60.7 Å². The van der Waals surface area contributed by atoms with Crippen LogP contribution in [0, 0.1) is 0 Å². The number of nitrogen functional groups attached to an aromatic ring is 1. The number of hydrogen-bond acceptors (Lipinski definition) is 8. The van der Waals surface area contributed by atoms with E-state index >= 15 is 0 Å². The first-order valence-electron chi connectivity index (χ1n) is 10.7. The molecule has 0 atom stereocenters. The van der Waals surface area contributed by atoms with Crippen molar-refractivity contribution in [2.75, 3.05) is 11.5 Å². The molecule has 4 aromatic rings. The maximum atomic E-state index is 13.0. The molecule has 0 unspecified atom stereocenters. The second-order valence-corrected chi connectivity index (χ2v) is 8.43. The minimum Gasteiger partial charge on any atom is -0.416 e. The Morgan fingerprint density at radius 1 is 0.971 bits per heavy atom. The van der Waals surface area contributed by atoms with Gasteiger partial charge in [-0.2, -0.15) is 0 Å². The fraction of sp³-hybridized carbons (Fsp3) is 0.208. The number of rotatable bonds is 9. The SMILES string of the molecule is CCn1c(=O)c(C(=O)CSc2nnc(Cc3ccccc3)o2)c(N)n(Cc2ccccc2)c1=O. The standard InChI is InChI=1S/C24H23N5O4S/c1-2-28-22(31)20(21(25)29(24(28)32)14-17-11-7-4-8-12-17)18(30)15-34-23-27-26-19(33-23)13-16-9-5-3-6-10-16/h3-12H,2,13-15,25H2,1H3. The summed E-state index contributed by atoms with van der Waals surface area (Å²) in [4.78, 5) is 38.8. The van der Waals surface area contributed by atoms with E-state index in [9.17, 15) is 14.4 Å². The van der Waals surface area contributed by atoms with Gasteiger partial charge in [-0.05, 0) is 18.1 Å². The first-order valence-corrected chi connectivity index (χ1v) is 11.7. The Morgan fingerprint density at radius 3 is 2.26 bits per heavy atom. The zero-order valence-corrected chi connectivity index (χ0v) is 19.3. The summed E-state index contributed by atoms with van der Waals surface area (Å²) in [5.41, 5.74) is 6.56. The van der Waals surface area contributed by atoms with Crippen LogP contribution in [0.15, 0.2) is 79.9 Å². The van der Waals surface area contributed by atoms with Crippen molar-refractivity contribution < 1.29 is 9.21 Å². The number of nitrogens with two attached hydrogens (primary N) is 1. The fourth-order valence-corrected chi connectivity index (χ4v) is 4.17. The lowest BCUT2D eigenvalue weighted by atomic mass is 10.2. The van der Waals surface area contributed by atoms with Crippen LogP contribution in [-0.4, -0.2) is 30.9 Å². The summed E-state index contributed by atoms with van der Waals surface area (Å²) in [5, 5.41) is 8.19. The van der Waals surface area contributed by atoms with Crippen molar-refractivity contribution in [1.29, 1.82) is 0 Å². The Labute approximate surface area is 199 Å². The molecule has 0 saturated heterocycles. The third-order valence-corrected chi connectivity index (χ3v) is 6.04. The number of aromatic nitrogens is 4. The molecule has 0 bridgehead atoms. The minimum absolute atomic E-state index is 0.118. The molecule has 34 heavy (non-hydrogen) atoms. The third-order valence-electron chi connectivity index (χ3n) is 5.22. The van der Waals surface area contributed by atoms with Crippen molar-refractivity contribution in [2.24, 2.45) is 0 Å². The average Bonchev–Trinajstić information content (AvgIpc) is 3.29. The van der Waals surface area contributed by atoms with Crippen LogP contribution in [0.25, 0.3) is 0 Å². The Morgan fingerprint density at radius 2 is 1.62 bits per heavy atom. The number of thioether (sulfide) groups is 1. The van der Waals surface area contributed by atoms with Crippen LogP contribution in [0.5, 0.6) is 0 Å². The summed E-state index contributed by atoms with van der Waals surface area (Å²) in [7, 11) is 0. The predicted molar refractivity (Wildman–Crippen MR) is 129 cm³/mol. The lowest BCUT2D eigenvalue weighted by Crippen LogP contribution is -2.44. The Bertz CT molecular complexity index is 1410. The molecule has 2 aromatic heterocycles. The smallest absolute Gasteiger partial charge is 0.332 e. The predicted octanol–water partition coefficient (Wildman–Crippen LogP) is 2.61. The van der Waals surface area contributed by atoms with Crippen LogP contribution >= 0.6 is 11.8 Å². The zero-order valence-electron chi connectivity index (χ0n) is 18.5. The maximum Gasteiger partial charge on any atom is 0.332 e. The van der Waals surface area contributed by atoms with Gasteiger partial charge in [-0.15, -0.1) is 10.2 Å². The van der Waals surface area contributed by atoms with Gasteiger partial charge in [0.2, 0.25) is 5.89 Å². The van der Waals surface area contributed by atoms with Gasteiger partial charge in [0.25, 0.3) is 10.8 Å². The fourth-order valence-electron chi connectivity index (χ4n) is 3.51. The zero-order chi connectivity index (χ0) is 24.1. The van der Waals surface area contributed by atoms with Gasteiger partial charge in [-0.25, -0.2) is 4.79 Å². The van der Waals surface area contributed by atoms with E-state index < -0.39 is 17.0 Å². The molecule has 4 rings (SSSR count). The summed E-state index contributed by atoms with van der Waals surface area (Å²) < 4.78 is 7.89. The first-order chi connectivity index (χ1) is 16.5. The molecular formula is C24H23N5O4S. The molecule has 2 N–H and O–H groups in total. The van der Waals surface area contributed by atoms with Gasteiger partial charge in [0.15, 0.2) is 5.78 Å². The highest BCUT2D eigenvalue weighted by molar-refractivity contribution is 7.99. The maximum absolute atomic E-state index is 13.0. The van der Waals surface area contributed by atoms with Gasteiger partial charge < -0.3 is 10.2 Å². The summed E-state index contributed by atoms with van der Waals surface area (Å²) in [6.07, 6.45) is 0.473. The van der Waals surface area contributed by atoms with Crippen molar-refractivity contribution in [3.8, 4) is 0 Å². The summed E-state index contributed by atoms with van der Waals surface area (Å²) >= 11 is 1.02. The van der Waals surface area contributed by atoms with E-state index in [1.165, 1.54) is 4.57 Å². The van der Waals surface area contributed by atoms with Crippen molar-refractivity contribution >= 4 is 23.4 Å². The highest BCUT2D eigenvalue weighted by Crippen LogP contribution is 2.20. The van der Waals surface area contributed by atoms with E-state index in [-0.39, 0.29) is 35.4 Å². The number of nitrogens with zero attached hydrogens (tertiary/aromatic N) is 4. The molecule has 0 aliphatic heterocycles. The number of hydrogen-bond donors (Lipinski definition) is 1. The molecule has 174 valence electrons. The minimum atomic E-state index is -0.699. The molecule has 0 fully saturated rings. The highest BCUT2D eigenvalue weighted by atomic mass is 32.2. The quantitative estimate of drug-likeness (QED) is 0.288. The largest absolute Gasteiger partial charge is 0.416 e. The van der Waals surface area contributed by atoms with Crippen molar-refractivity contribution in [1.82, 2.24) is 19.3 Å². The van der Waals surface area contributed by atoms with E-state index in [1.54, 1.807) is 6.92 Å². The van der Waals surface area contributed by atoms with E-state index in [0.29, 0.717) is 12.3 Å². The van der Waals surface area contributed by atoms with Crippen LogP contribution in [0.1, 0.15) is 34.3 Å². The Hall–Kier alpha value is -3.92. The number of carbonyl (C=O) groups excluding carboxylic acids is 1. The molecule has 10 heteroatoms. The van der Waals surface area contributed by atoms with Crippen LogP contribution in [-0.2, 0) is 19.5 Å². The molecule has 2 heterocycles. The van der Waals surface area contributed by atoms with Gasteiger partial charge in [0.1, 0.15) is 11.4 Å². The number of benzene rings is 2. The molecule has 0 saturated carbocycles. The van der Waals surface area contributed by atoms with Gasteiger partial charge in [-0.3, -0.25) is 18.7 Å². The van der Waals surface area contributed by atoms with Crippen LogP contribution in [0.2, 0.25) is 0 Å². The molecule has 0 amide bonds. The number of anilines is 1. The number of Topliss-reactive ketones (excluding diaryl/α,β-unsaturated/α-hetero) is 1. The van der Waals surface area contributed by atoms with E-state index in [2.05, 4.69) is 10.2 Å². The second kappa shape index (κ2) is 10.3. The summed E-state index contributed by atoms with van der Waals surface area (Å²) in [5.74, 6) is -0.381. The van der Waals surface area contributed by atoms with E-state index in [4.69, 9.17) is 10.2 Å². The van der Waals surface area contributed by atoms with Crippen LogP contribution < -0.4 is 17.0 Å². The molecule has 0 aliphatic rings.